The second-order valence-electron chi connectivity index (χ2n) is 7.37. The highest BCUT2D eigenvalue weighted by Gasteiger charge is 2.32. The summed E-state index contributed by atoms with van der Waals surface area (Å²) in [5, 5.41) is 2.73. The molecule has 2 aromatic carbocycles. The molecule has 0 aromatic heterocycles. The van der Waals surface area contributed by atoms with E-state index in [2.05, 4.69) is 5.32 Å². The second-order valence-corrected chi connectivity index (χ2v) is 9.30. The van der Waals surface area contributed by atoms with E-state index in [-0.39, 0.29) is 48.0 Å². The van der Waals surface area contributed by atoms with Gasteiger partial charge in [0.15, 0.2) is 11.5 Å². The minimum atomic E-state index is -3.78. The van der Waals surface area contributed by atoms with E-state index < -0.39 is 27.7 Å². The molecule has 0 saturated carbocycles. The number of halogens is 1. The lowest BCUT2D eigenvalue weighted by atomic mass is 9.97. The molecule has 0 aliphatic carbocycles. The van der Waals surface area contributed by atoms with Gasteiger partial charge in [0.25, 0.3) is 0 Å². The van der Waals surface area contributed by atoms with Gasteiger partial charge in [-0.3, -0.25) is 4.79 Å². The molecule has 2 aromatic rings. The van der Waals surface area contributed by atoms with Crippen LogP contribution in [0.4, 0.5) is 10.1 Å². The number of methoxy groups -OCH3 is 3. The van der Waals surface area contributed by atoms with Crippen LogP contribution in [-0.4, -0.2) is 59.0 Å². The molecule has 0 radical (unpaired) electrons. The van der Waals surface area contributed by atoms with Crippen molar-refractivity contribution in [2.45, 2.75) is 17.7 Å². The van der Waals surface area contributed by atoms with Gasteiger partial charge in [0.05, 0.1) is 37.5 Å². The first-order chi connectivity index (χ1) is 15.7. The first-order valence-electron chi connectivity index (χ1n) is 10.1. The normalized spacial score (nSPS) is 15.0. The van der Waals surface area contributed by atoms with Gasteiger partial charge in [0, 0.05) is 31.1 Å². The number of ether oxygens (including phenoxy) is 3. The molecular formula is C22H25FN2O7S. The van der Waals surface area contributed by atoms with E-state index in [1.54, 1.807) is 0 Å². The molecule has 1 fully saturated rings. The summed E-state index contributed by atoms with van der Waals surface area (Å²) in [7, 11) is 0.293. The minimum absolute atomic E-state index is 0.000140. The molecule has 1 amide bonds. The molecular weight excluding hydrogens is 455 g/mol. The molecule has 33 heavy (non-hydrogen) atoms. The van der Waals surface area contributed by atoms with Gasteiger partial charge in [-0.1, -0.05) is 0 Å². The number of carbonyl (C=O) groups is 2. The molecule has 0 spiro atoms. The van der Waals surface area contributed by atoms with Crippen molar-refractivity contribution in [1.82, 2.24) is 4.31 Å². The minimum Gasteiger partial charge on any atom is -0.493 e. The van der Waals surface area contributed by atoms with Gasteiger partial charge in [-0.15, -0.1) is 0 Å². The van der Waals surface area contributed by atoms with Crippen molar-refractivity contribution in [3.63, 3.8) is 0 Å². The third kappa shape index (κ3) is 5.25. The largest absolute Gasteiger partial charge is 0.493 e. The van der Waals surface area contributed by atoms with Gasteiger partial charge >= 0.3 is 5.97 Å². The zero-order valence-electron chi connectivity index (χ0n) is 18.5. The second kappa shape index (κ2) is 10.2. The lowest BCUT2D eigenvalue weighted by molar-refractivity contribution is -0.120. The van der Waals surface area contributed by atoms with Gasteiger partial charge in [0.2, 0.25) is 15.9 Å². The smallest absolute Gasteiger partial charge is 0.340 e. The third-order valence-electron chi connectivity index (χ3n) is 5.46. The van der Waals surface area contributed by atoms with Crippen LogP contribution in [0.3, 0.4) is 0 Å². The SMILES string of the molecule is COC(=O)c1cc(OC)c(OC)cc1NC(=O)C1CCN(S(=O)(=O)c2ccc(F)cc2)CC1. The summed E-state index contributed by atoms with van der Waals surface area (Å²) >= 11 is 0. The number of benzene rings is 2. The maximum absolute atomic E-state index is 13.1. The van der Waals surface area contributed by atoms with Crippen LogP contribution < -0.4 is 14.8 Å². The fourth-order valence-corrected chi connectivity index (χ4v) is 5.08. The van der Waals surface area contributed by atoms with Crippen molar-refractivity contribution >= 4 is 27.6 Å². The summed E-state index contributed by atoms with van der Waals surface area (Å²) in [5.74, 6) is -1.39. The van der Waals surface area contributed by atoms with Crippen molar-refractivity contribution < 1.29 is 36.6 Å². The van der Waals surface area contributed by atoms with Crippen LogP contribution >= 0.6 is 0 Å². The molecule has 0 bridgehead atoms. The fourth-order valence-electron chi connectivity index (χ4n) is 3.61. The highest BCUT2D eigenvalue weighted by molar-refractivity contribution is 7.89. The topological polar surface area (TPSA) is 111 Å². The van der Waals surface area contributed by atoms with Crippen molar-refractivity contribution in [1.29, 1.82) is 0 Å². The lowest BCUT2D eigenvalue weighted by Crippen LogP contribution is -2.41. The summed E-state index contributed by atoms with van der Waals surface area (Å²) in [4.78, 5) is 25.1. The van der Waals surface area contributed by atoms with Crippen molar-refractivity contribution in [2.75, 3.05) is 39.7 Å². The molecule has 1 heterocycles. The Kier molecular flexibility index (Phi) is 7.54. The summed E-state index contributed by atoms with van der Waals surface area (Å²) in [6, 6.07) is 7.50. The summed E-state index contributed by atoms with van der Waals surface area (Å²) in [5.41, 5.74) is 0.297. The maximum atomic E-state index is 13.1. The highest BCUT2D eigenvalue weighted by atomic mass is 32.2. The van der Waals surface area contributed by atoms with E-state index >= 15 is 0 Å². The molecule has 0 atom stereocenters. The molecule has 1 saturated heterocycles. The van der Waals surface area contributed by atoms with Gasteiger partial charge in [0.1, 0.15) is 5.82 Å². The molecule has 9 nitrogen and oxygen atoms in total. The van der Waals surface area contributed by atoms with Gasteiger partial charge in [-0.05, 0) is 37.1 Å². The van der Waals surface area contributed by atoms with E-state index in [1.165, 1.54) is 49.9 Å². The lowest BCUT2D eigenvalue weighted by Gasteiger charge is -2.30. The Hall–Kier alpha value is -3.18. The van der Waals surface area contributed by atoms with Gasteiger partial charge in [-0.25, -0.2) is 17.6 Å². The Balaban J connectivity index is 1.73. The molecule has 178 valence electrons. The number of anilines is 1. The Morgan fingerprint density at radius 3 is 2.12 bits per heavy atom. The van der Waals surface area contributed by atoms with Crippen LogP contribution in [0.5, 0.6) is 11.5 Å². The van der Waals surface area contributed by atoms with Crippen molar-refractivity contribution in [2.24, 2.45) is 5.92 Å². The third-order valence-corrected chi connectivity index (χ3v) is 7.38. The predicted molar refractivity (Wildman–Crippen MR) is 117 cm³/mol. The Bertz CT molecular complexity index is 1130. The zero-order valence-corrected chi connectivity index (χ0v) is 19.3. The number of hydrogen-bond acceptors (Lipinski definition) is 7. The number of esters is 1. The van der Waals surface area contributed by atoms with Crippen LogP contribution in [0.2, 0.25) is 0 Å². The fraction of sp³-hybridized carbons (Fsp3) is 0.364. The number of nitrogens with one attached hydrogen (secondary N) is 1. The standard InChI is InChI=1S/C22H25FN2O7S/c1-30-19-12-17(22(27)32-3)18(13-20(19)31-2)24-21(26)14-8-10-25(11-9-14)33(28,29)16-6-4-15(23)5-7-16/h4-7,12-14H,8-11H2,1-3H3,(H,24,26). The van der Waals surface area contributed by atoms with Crippen LogP contribution in [0, 0.1) is 11.7 Å². The van der Waals surface area contributed by atoms with Gasteiger partial charge in [-0.2, -0.15) is 4.31 Å². The molecule has 3 rings (SSSR count). The average Bonchev–Trinajstić information content (AvgIpc) is 2.83. The quantitative estimate of drug-likeness (QED) is 0.607. The number of piperidine rings is 1. The molecule has 1 aliphatic heterocycles. The average molecular weight is 481 g/mol. The Morgan fingerprint density at radius 1 is 1.00 bits per heavy atom. The molecule has 0 unspecified atom stereocenters. The van der Waals surface area contributed by atoms with E-state index in [9.17, 15) is 22.4 Å². The van der Waals surface area contributed by atoms with Crippen LogP contribution in [0.25, 0.3) is 0 Å². The Labute approximate surface area is 191 Å². The van der Waals surface area contributed by atoms with E-state index in [1.807, 2.05) is 0 Å². The summed E-state index contributed by atoms with van der Waals surface area (Å²) < 4.78 is 55.2. The van der Waals surface area contributed by atoms with E-state index in [0.29, 0.717) is 11.5 Å². The number of sulfonamides is 1. The van der Waals surface area contributed by atoms with Crippen molar-refractivity contribution in [3.8, 4) is 11.5 Å². The number of rotatable bonds is 7. The van der Waals surface area contributed by atoms with Crippen LogP contribution in [0.1, 0.15) is 23.2 Å². The first kappa shape index (κ1) is 24.5. The predicted octanol–water partition coefficient (Wildman–Crippen LogP) is 2.67. The summed E-state index contributed by atoms with van der Waals surface area (Å²) in [6.45, 7) is 0.265. The highest BCUT2D eigenvalue weighted by Crippen LogP contribution is 2.34. The zero-order chi connectivity index (χ0) is 24.2. The van der Waals surface area contributed by atoms with E-state index in [4.69, 9.17) is 14.2 Å². The number of amides is 1. The number of nitrogens with zero attached hydrogens (tertiary/aromatic N) is 1. The van der Waals surface area contributed by atoms with Gasteiger partial charge < -0.3 is 19.5 Å². The monoisotopic (exact) mass is 480 g/mol. The molecule has 1 aliphatic rings. The van der Waals surface area contributed by atoms with E-state index in [0.717, 1.165) is 12.1 Å². The first-order valence-corrected chi connectivity index (χ1v) is 11.6. The molecule has 11 heteroatoms. The Morgan fingerprint density at radius 2 is 1.58 bits per heavy atom. The molecule has 1 N–H and O–H groups in total. The van der Waals surface area contributed by atoms with Crippen LogP contribution in [0.15, 0.2) is 41.3 Å². The van der Waals surface area contributed by atoms with Crippen molar-refractivity contribution in [3.05, 3.63) is 47.8 Å². The maximum Gasteiger partial charge on any atom is 0.340 e. The number of hydrogen-bond donors (Lipinski definition) is 1. The number of carbonyl (C=O) groups excluding carboxylic acids is 2. The summed E-state index contributed by atoms with van der Waals surface area (Å²) in [6.07, 6.45) is 0.570. The van der Waals surface area contributed by atoms with Crippen LogP contribution in [-0.2, 0) is 19.6 Å².